The first-order chi connectivity index (χ1) is 9.45. The Morgan fingerprint density at radius 2 is 1.85 bits per heavy atom. The maximum atomic E-state index is 11.4. The molecule has 0 radical (unpaired) electrons. The van der Waals surface area contributed by atoms with Crippen LogP contribution in [0.15, 0.2) is 0 Å². The second-order valence-electron chi connectivity index (χ2n) is 4.81. The molecule has 20 heavy (non-hydrogen) atoms. The molecule has 0 rings (SSSR count). The number of hydrogen-bond acceptors (Lipinski definition) is 3. The number of nitrogens with one attached hydrogen (secondary N) is 2. The molecule has 2 atom stereocenters. The van der Waals surface area contributed by atoms with E-state index in [1.54, 1.807) is 6.26 Å². The topological polar surface area (TPSA) is 95.5 Å². The summed E-state index contributed by atoms with van der Waals surface area (Å²) >= 11 is 0. The van der Waals surface area contributed by atoms with Crippen LogP contribution < -0.4 is 10.6 Å². The molecule has 0 saturated heterocycles. The van der Waals surface area contributed by atoms with E-state index in [1.165, 1.54) is 0 Å². The summed E-state index contributed by atoms with van der Waals surface area (Å²) in [6.45, 7) is 3.09. The highest BCUT2D eigenvalue weighted by atomic mass is 32.2. The third-order valence-electron chi connectivity index (χ3n) is 3.08. The molecule has 3 N–H and O–H groups in total. The molecule has 0 saturated carbocycles. The van der Waals surface area contributed by atoms with Crippen LogP contribution in [0.2, 0.25) is 0 Å². The van der Waals surface area contributed by atoms with Gasteiger partial charge in [0.15, 0.2) is 0 Å². The number of hydrogen-bond donors (Lipinski definition) is 3. The summed E-state index contributed by atoms with van der Waals surface area (Å²) in [5.74, 6) is 0.143. The normalized spacial score (nSPS) is 13.5. The Kier molecular flexibility index (Phi) is 11.0. The van der Waals surface area contributed by atoms with Crippen molar-refractivity contribution < 1.29 is 18.9 Å². The molecular formula is C13H26N2O4S. The first-order valence-corrected chi connectivity index (χ1v) is 8.72. The van der Waals surface area contributed by atoms with E-state index < -0.39 is 16.8 Å². The van der Waals surface area contributed by atoms with Gasteiger partial charge in [-0.05, 0) is 25.2 Å². The highest BCUT2D eigenvalue weighted by molar-refractivity contribution is 7.84. The molecule has 0 bridgehead atoms. The monoisotopic (exact) mass is 306 g/mol. The van der Waals surface area contributed by atoms with Gasteiger partial charge in [0.2, 0.25) is 0 Å². The fourth-order valence-electron chi connectivity index (χ4n) is 1.81. The van der Waals surface area contributed by atoms with E-state index in [2.05, 4.69) is 10.6 Å². The van der Waals surface area contributed by atoms with E-state index in [-0.39, 0.29) is 12.5 Å². The van der Waals surface area contributed by atoms with Crippen molar-refractivity contribution in [3.63, 3.8) is 0 Å². The number of urea groups is 1. The summed E-state index contributed by atoms with van der Waals surface area (Å²) in [6.07, 6.45) is 4.88. The summed E-state index contributed by atoms with van der Waals surface area (Å²) in [5.41, 5.74) is 0. The van der Waals surface area contributed by atoms with Crippen LogP contribution in [-0.2, 0) is 15.6 Å². The molecule has 2 amide bonds. The van der Waals surface area contributed by atoms with Crippen molar-refractivity contribution in [1.29, 1.82) is 0 Å². The van der Waals surface area contributed by atoms with Crippen molar-refractivity contribution in [3.8, 4) is 0 Å². The van der Waals surface area contributed by atoms with Gasteiger partial charge in [0.1, 0.15) is 0 Å². The Morgan fingerprint density at radius 3 is 2.40 bits per heavy atom. The molecule has 0 aromatic rings. The van der Waals surface area contributed by atoms with E-state index in [4.69, 9.17) is 5.11 Å². The molecule has 118 valence electrons. The molecule has 0 aliphatic rings. The fourth-order valence-corrected chi connectivity index (χ4v) is 2.36. The van der Waals surface area contributed by atoms with Gasteiger partial charge >= 0.3 is 12.0 Å². The minimum absolute atomic E-state index is 0.179. The lowest BCUT2D eigenvalue weighted by molar-refractivity contribution is -0.137. The molecule has 0 aliphatic heterocycles. The largest absolute Gasteiger partial charge is 0.481 e. The van der Waals surface area contributed by atoms with Crippen LogP contribution in [0.1, 0.15) is 39.0 Å². The van der Waals surface area contributed by atoms with E-state index in [0.29, 0.717) is 37.6 Å². The van der Waals surface area contributed by atoms with Gasteiger partial charge in [-0.1, -0.05) is 13.3 Å². The van der Waals surface area contributed by atoms with E-state index in [9.17, 15) is 13.8 Å². The lowest BCUT2D eigenvalue weighted by Crippen LogP contribution is -2.37. The Bertz CT molecular complexity index is 323. The van der Waals surface area contributed by atoms with Gasteiger partial charge < -0.3 is 15.7 Å². The smallest absolute Gasteiger partial charge is 0.314 e. The van der Waals surface area contributed by atoms with Crippen LogP contribution in [0.4, 0.5) is 4.79 Å². The van der Waals surface area contributed by atoms with Crippen LogP contribution in [-0.4, -0.2) is 46.4 Å². The zero-order valence-corrected chi connectivity index (χ0v) is 13.1. The number of carboxylic acid groups (broad SMARTS) is 1. The van der Waals surface area contributed by atoms with E-state index in [0.717, 1.165) is 12.8 Å². The molecule has 0 aromatic heterocycles. The van der Waals surface area contributed by atoms with Crippen LogP contribution in [0.25, 0.3) is 0 Å². The van der Waals surface area contributed by atoms with Gasteiger partial charge in [-0.3, -0.25) is 9.00 Å². The molecule has 0 aromatic carbocycles. The van der Waals surface area contributed by atoms with Crippen LogP contribution >= 0.6 is 0 Å². The lowest BCUT2D eigenvalue weighted by atomic mass is 9.97. The average molecular weight is 306 g/mol. The standard InChI is InChI=1S/C13H26N2O4S/c1-3-11(5-6-12(16)17)7-9-15-13(18)14-8-4-10-20(2)19/h11H,3-10H2,1-2H3,(H,16,17)(H2,14,15,18). The summed E-state index contributed by atoms with van der Waals surface area (Å²) in [6, 6.07) is -0.222. The molecule has 0 spiro atoms. The minimum Gasteiger partial charge on any atom is -0.481 e. The van der Waals surface area contributed by atoms with E-state index >= 15 is 0 Å². The molecule has 0 fully saturated rings. The number of rotatable bonds is 11. The maximum absolute atomic E-state index is 11.4. The highest BCUT2D eigenvalue weighted by Gasteiger charge is 2.09. The second-order valence-corrected chi connectivity index (χ2v) is 6.36. The van der Waals surface area contributed by atoms with Crippen LogP contribution in [0.5, 0.6) is 0 Å². The van der Waals surface area contributed by atoms with Gasteiger partial charge in [0.25, 0.3) is 0 Å². The Labute approximate surface area is 123 Å². The summed E-state index contributed by atoms with van der Waals surface area (Å²) < 4.78 is 10.8. The predicted molar refractivity (Wildman–Crippen MR) is 80.2 cm³/mol. The number of aliphatic carboxylic acids is 1. The summed E-state index contributed by atoms with van der Waals surface area (Å²) in [4.78, 5) is 21.9. The first-order valence-electron chi connectivity index (χ1n) is 6.99. The van der Waals surface area contributed by atoms with Gasteiger partial charge in [0, 0.05) is 42.3 Å². The molecule has 0 heterocycles. The van der Waals surface area contributed by atoms with Crippen molar-refractivity contribution in [2.24, 2.45) is 5.92 Å². The molecule has 2 unspecified atom stereocenters. The predicted octanol–water partition coefficient (Wildman–Crippen LogP) is 1.34. The highest BCUT2D eigenvalue weighted by Crippen LogP contribution is 2.14. The number of carboxylic acids is 1. The van der Waals surface area contributed by atoms with Crippen molar-refractivity contribution in [2.45, 2.75) is 39.0 Å². The molecule has 7 heteroatoms. The van der Waals surface area contributed by atoms with Crippen molar-refractivity contribution >= 4 is 22.8 Å². The van der Waals surface area contributed by atoms with Crippen LogP contribution in [0.3, 0.4) is 0 Å². The van der Waals surface area contributed by atoms with Crippen molar-refractivity contribution in [3.05, 3.63) is 0 Å². The third-order valence-corrected chi connectivity index (χ3v) is 3.94. The summed E-state index contributed by atoms with van der Waals surface area (Å²) in [7, 11) is -0.819. The Hall–Kier alpha value is -1.11. The van der Waals surface area contributed by atoms with Gasteiger partial charge in [-0.2, -0.15) is 0 Å². The van der Waals surface area contributed by atoms with Crippen molar-refractivity contribution in [2.75, 3.05) is 25.1 Å². The third kappa shape index (κ3) is 12.0. The average Bonchev–Trinajstić information content (AvgIpc) is 2.38. The van der Waals surface area contributed by atoms with E-state index in [1.807, 2.05) is 6.92 Å². The minimum atomic E-state index is -0.819. The lowest BCUT2D eigenvalue weighted by Gasteiger charge is -2.14. The molecular weight excluding hydrogens is 280 g/mol. The zero-order valence-electron chi connectivity index (χ0n) is 12.3. The second kappa shape index (κ2) is 11.7. The maximum Gasteiger partial charge on any atom is 0.314 e. The quantitative estimate of drug-likeness (QED) is 0.502. The van der Waals surface area contributed by atoms with Gasteiger partial charge in [0.05, 0.1) is 0 Å². The van der Waals surface area contributed by atoms with Gasteiger partial charge in [-0.15, -0.1) is 0 Å². The SMILES string of the molecule is CCC(CCNC(=O)NCCCS(C)=O)CCC(=O)O. The van der Waals surface area contributed by atoms with Crippen molar-refractivity contribution in [1.82, 2.24) is 10.6 Å². The number of carbonyl (C=O) groups excluding carboxylic acids is 1. The van der Waals surface area contributed by atoms with Crippen LogP contribution in [0, 0.1) is 5.92 Å². The van der Waals surface area contributed by atoms with Gasteiger partial charge in [-0.25, -0.2) is 4.79 Å². The number of carbonyl (C=O) groups is 2. The number of amides is 2. The summed E-state index contributed by atoms with van der Waals surface area (Å²) in [5, 5.41) is 14.1. The molecule has 0 aliphatic carbocycles. The Morgan fingerprint density at radius 1 is 1.20 bits per heavy atom. The zero-order chi connectivity index (χ0) is 15.4. The molecule has 6 nitrogen and oxygen atoms in total. The fraction of sp³-hybridized carbons (Fsp3) is 0.846. The Balaban J connectivity index is 3.62. The first kappa shape index (κ1) is 18.9.